The van der Waals surface area contributed by atoms with E-state index in [4.69, 9.17) is 9.47 Å². The number of ether oxygens (including phenoxy) is 2. The zero-order valence-corrected chi connectivity index (χ0v) is 32.7. The van der Waals surface area contributed by atoms with Gasteiger partial charge < -0.3 is 14.6 Å². The van der Waals surface area contributed by atoms with Gasteiger partial charge in [0.25, 0.3) is 0 Å². The minimum absolute atomic E-state index is 0.0672. The number of rotatable bonds is 39. The Bertz CT molecular complexity index is 746. The van der Waals surface area contributed by atoms with Gasteiger partial charge in [-0.15, -0.1) is 0 Å². The topological polar surface area (TPSA) is 72.8 Å². The third-order valence-corrected chi connectivity index (χ3v) is 9.45. The Morgan fingerprint density at radius 1 is 0.449 bits per heavy atom. The van der Waals surface area contributed by atoms with Crippen LogP contribution < -0.4 is 0 Å². The molecule has 0 bridgehead atoms. The van der Waals surface area contributed by atoms with Crippen LogP contribution >= 0.6 is 0 Å². The molecule has 49 heavy (non-hydrogen) atoms. The monoisotopic (exact) mass is 691 g/mol. The molecule has 0 aliphatic rings. The summed E-state index contributed by atoms with van der Waals surface area (Å²) >= 11 is 0. The standard InChI is InChI=1S/C44H82O5/c1-3-5-7-9-11-13-15-16-17-18-19-20-21-22-23-24-25-26-27-28-29-31-33-35-37-39-44(47)49-42(40-45)41-48-43(46)38-36-34-32-30-14-12-10-8-6-4-2/h8,10,18-19,42,45H,3-7,9,11-17,20-41H2,1-2H3/b10-8-,19-18-. The van der Waals surface area contributed by atoms with E-state index in [0.29, 0.717) is 12.8 Å². The van der Waals surface area contributed by atoms with Crippen molar-refractivity contribution < 1.29 is 24.2 Å². The molecule has 0 aliphatic carbocycles. The molecule has 0 heterocycles. The Kier molecular flexibility index (Phi) is 39.5. The predicted octanol–water partition coefficient (Wildman–Crippen LogP) is 13.5. The minimum Gasteiger partial charge on any atom is -0.462 e. The maximum atomic E-state index is 12.2. The van der Waals surface area contributed by atoms with E-state index in [2.05, 4.69) is 38.2 Å². The van der Waals surface area contributed by atoms with Gasteiger partial charge in [0, 0.05) is 12.8 Å². The molecule has 0 saturated heterocycles. The first kappa shape index (κ1) is 47.4. The van der Waals surface area contributed by atoms with Gasteiger partial charge in [-0.2, -0.15) is 0 Å². The minimum atomic E-state index is -0.770. The van der Waals surface area contributed by atoms with Crippen LogP contribution in [-0.2, 0) is 19.1 Å². The highest BCUT2D eigenvalue weighted by Gasteiger charge is 2.16. The first-order valence-corrected chi connectivity index (χ1v) is 21.4. The molecule has 0 aromatic carbocycles. The molecule has 0 aromatic rings. The largest absolute Gasteiger partial charge is 0.462 e. The highest BCUT2D eigenvalue weighted by molar-refractivity contribution is 5.70. The van der Waals surface area contributed by atoms with E-state index in [1.54, 1.807) is 0 Å². The number of carbonyl (C=O) groups excluding carboxylic acids is 2. The number of aliphatic hydroxyl groups excluding tert-OH is 1. The average Bonchev–Trinajstić information content (AvgIpc) is 3.10. The second kappa shape index (κ2) is 40.8. The number of aliphatic hydroxyl groups is 1. The van der Waals surface area contributed by atoms with Gasteiger partial charge in [-0.3, -0.25) is 9.59 Å². The van der Waals surface area contributed by atoms with E-state index >= 15 is 0 Å². The maximum absolute atomic E-state index is 12.2. The third-order valence-electron chi connectivity index (χ3n) is 9.45. The Balaban J connectivity index is 3.45. The van der Waals surface area contributed by atoms with Crippen LogP contribution in [0, 0.1) is 0 Å². The van der Waals surface area contributed by atoms with E-state index in [1.807, 2.05) is 0 Å². The molecule has 0 aromatic heterocycles. The zero-order chi connectivity index (χ0) is 35.7. The zero-order valence-electron chi connectivity index (χ0n) is 32.7. The van der Waals surface area contributed by atoms with Crippen molar-refractivity contribution in [1.82, 2.24) is 0 Å². The number of unbranched alkanes of at least 4 members (excludes halogenated alkanes) is 27. The molecule has 0 aliphatic heterocycles. The lowest BCUT2D eigenvalue weighted by atomic mass is 10.0. The van der Waals surface area contributed by atoms with Crippen molar-refractivity contribution in [3.05, 3.63) is 24.3 Å². The number of esters is 2. The van der Waals surface area contributed by atoms with Crippen LogP contribution in [0.15, 0.2) is 24.3 Å². The van der Waals surface area contributed by atoms with Gasteiger partial charge >= 0.3 is 11.9 Å². The summed E-state index contributed by atoms with van der Waals surface area (Å²) in [5, 5.41) is 9.54. The van der Waals surface area contributed by atoms with Gasteiger partial charge in [-0.25, -0.2) is 0 Å². The fourth-order valence-electron chi connectivity index (χ4n) is 6.20. The van der Waals surface area contributed by atoms with E-state index < -0.39 is 6.10 Å². The highest BCUT2D eigenvalue weighted by atomic mass is 16.6. The molecule has 1 N–H and O–H groups in total. The van der Waals surface area contributed by atoms with Crippen molar-refractivity contribution in [1.29, 1.82) is 0 Å². The van der Waals surface area contributed by atoms with Gasteiger partial charge in [0.15, 0.2) is 6.10 Å². The van der Waals surface area contributed by atoms with Crippen molar-refractivity contribution in [3.63, 3.8) is 0 Å². The predicted molar refractivity (Wildman–Crippen MR) is 210 cm³/mol. The van der Waals surface area contributed by atoms with Crippen LogP contribution in [-0.4, -0.2) is 36.4 Å². The average molecular weight is 691 g/mol. The quantitative estimate of drug-likeness (QED) is 0.0395. The summed E-state index contributed by atoms with van der Waals surface area (Å²) in [6, 6.07) is 0. The van der Waals surface area contributed by atoms with Gasteiger partial charge in [0.1, 0.15) is 6.61 Å². The van der Waals surface area contributed by atoms with Crippen molar-refractivity contribution in [2.45, 2.75) is 232 Å². The molecular formula is C44H82O5. The van der Waals surface area contributed by atoms with Crippen molar-refractivity contribution in [2.24, 2.45) is 0 Å². The highest BCUT2D eigenvalue weighted by Crippen LogP contribution is 2.15. The lowest BCUT2D eigenvalue weighted by Gasteiger charge is -2.15. The van der Waals surface area contributed by atoms with Crippen LogP contribution in [0.25, 0.3) is 0 Å². The normalized spacial score (nSPS) is 12.3. The Morgan fingerprint density at radius 3 is 1.18 bits per heavy atom. The molecule has 0 amide bonds. The third kappa shape index (κ3) is 39.0. The second-order valence-electron chi connectivity index (χ2n) is 14.4. The molecule has 0 saturated carbocycles. The van der Waals surface area contributed by atoms with E-state index in [9.17, 15) is 14.7 Å². The molecule has 0 radical (unpaired) electrons. The SMILES string of the molecule is CCC/C=C\CCCCCCCC(=O)OCC(CO)OC(=O)CCCCCCCCCCCCCCC/C=C\CCCCCCCCCC. The van der Waals surface area contributed by atoms with Gasteiger partial charge in [-0.1, -0.05) is 179 Å². The van der Waals surface area contributed by atoms with Gasteiger partial charge in [0.2, 0.25) is 0 Å². The van der Waals surface area contributed by atoms with Crippen LogP contribution in [0.4, 0.5) is 0 Å². The first-order valence-electron chi connectivity index (χ1n) is 21.4. The summed E-state index contributed by atoms with van der Waals surface area (Å²) in [6.45, 7) is 4.08. The summed E-state index contributed by atoms with van der Waals surface area (Å²) < 4.78 is 10.6. The van der Waals surface area contributed by atoms with E-state index in [0.717, 1.165) is 51.4 Å². The summed E-state index contributed by atoms with van der Waals surface area (Å²) in [4.78, 5) is 24.2. The van der Waals surface area contributed by atoms with Crippen LogP contribution in [0.1, 0.15) is 226 Å². The smallest absolute Gasteiger partial charge is 0.306 e. The summed E-state index contributed by atoms with van der Waals surface area (Å²) in [5.74, 6) is -0.597. The maximum Gasteiger partial charge on any atom is 0.306 e. The van der Waals surface area contributed by atoms with E-state index in [-0.39, 0.29) is 25.2 Å². The van der Waals surface area contributed by atoms with Crippen molar-refractivity contribution >= 4 is 11.9 Å². The molecule has 5 nitrogen and oxygen atoms in total. The number of carbonyl (C=O) groups is 2. The van der Waals surface area contributed by atoms with Crippen LogP contribution in [0.2, 0.25) is 0 Å². The second-order valence-corrected chi connectivity index (χ2v) is 14.4. The summed E-state index contributed by atoms with van der Waals surface area (Å²) in [6.07, 6.45) is 48.4. The lowest BCUT2D eigenvalue weighted by molar-refractivity contribution is -0.161. The summed E-state index contributed by atoms with van der Waals surface area (Å²) in [5.41, 5.74) is 0. The molecule has 1 unspecified atom stereocenters. The molecule has 0 rings (SSSR count). The Hall–Kier alpha value is -1.62. The van der Waals surface area contributed by atoms with Crippen LogP contribution in [0.3, 0.4) is 0 Å². The number of hydrogen-bond donors (Lipinski definition) is 1. The van der Waals surface area contributed by atoms with Crippen LogP contribution in [0.5, 0.6) is 0 Å². The van der Waals surface area contributed by atoms with Crippen molar-refractivity contribution in [2.75, 3.05) is 13.2 Å². The fraction of sp³-hybridized carbons (Fsp3) is 0.864. The Morgan fingerprint density at radius 2 is 0.796 bits per heavy atom. The molecule has 288 valence electrons. The molecule has 5 heteroatoms. The Labute approximate surface area is 304 Å². The van der Waals surface area contributed by atoms with Gasteiger partial charge in [0.05, 0.1) is 6.61 Å². The number of hydrogen-bond acceptors (Lipinski definition) is 5. The molecule has 1 atom stereocenters. The number of allylic oxidation sites excluding steroid dienone is 4. The summed E-state index contributed by atoms with van der Waals surface area (Å²) in [7, 11) is 0. The fourth-order valence-corrected chi connectivity index (χ4v) is 6.20. The lowest BCUT2D eigenvalue weighted by Crippen LogP contribution is -2.28. The van der Waals surface area contributed by atoms with E-state index in [1.165, 1.54) is 148 Å². The van der Waals surface area contributed by atoms with Gasteiger partial charge in [-0.05, 0) is 57.8 Å². The molecular weight excluding hydrogens is 608 g/mol. The molecule has 0 spiro atoms. The molecule has 0 fully saturated rings. The van der Waals surface area contributed by atoms with Crippen molar-refractivity contribution in [3.8, 4) is 0 Å². The first-order chi connectivity index (χ1) is 24.1.